The predicted molar refractivity (Wildman–Crippen MR) is 196 cm³/mol. The molecule has 3 aromatic carbocycles. The first-order chi connectivity index (χ1) is 25.6. The number of ether oxygens (including phenoxy) is 4. The van der Waals surface area contributed by atoms with Crippen molar-refractivity contribution >= 4 is 41.0 Å². The first-order valence-electron chi connectivity index (χ1n) is 16.7. The average Bonchev–Trinajstić information content (AvgIpc) is 3.17. The number of aromatic nitrogens is 3. The van der Waals surface area contributed by atoms with Crippen molar-refractivity contribution in [2.75, 3.05) is 95.0 Å². The summed E-state index contributed by atoms with van der Waals surface area (Å²) in [4.78, 5) is 40.8. The van der Waals surface area contributed by atoms with Gasteiger partial charge in [-0.25, -0.2) is 0 Å². The zero-order valence-electron chi connectivity index (χ0n) is 28.7. The van der Waals surface area contributed by atoms with Gasteiger partial charge in [0.25, 0.3) is 11.8 Å². The van der Waals surface area contributed by atoms with Gasteiger partial charge in [0.15, 0.2) is 0 Å². The maximum absolute atomic E-state index is 12.6. The normalized spacial score (nSPS) is 10.5. The summed E-state index contributed by atoms with van der Waals surface area (Å²) in [6.45, 7) is 4.40. The molecule has 0 atom stereocenters. The van der Waals surface area contributed by atoms with Crippen molar-refractivity contribution in [1.82, 2.24) is 25.6 Å². The van der Waals surface area contributed by atoms with Crippen LogP contribution in [0.15, 0.2) is 90.0 Å². The summed E-state index contributed by atoms with van der Waals surface area (Å²) < 4.78 is 21.9. The lowest BCUT2D eigenvalue weighted by Crippen LogP contribution is -2.27. The average molecular weight is 714 g/mol. The number of anilines is 5. The molecule has 4 aromatic rings. The molecule has 1 aromatic heterocycles. The second-order valence-corrected chi connectivity index (χ2v) is 10.7. The zero-order chi connectivity index (χ0) is 36.5. The van der Waals surface area contributed by atoms with Crippen molar-refractivity contribution < 1.29 is 28.5 Å². The Morgan fingerprint density at radius 1 is 0.558 bits per heavy atom. The van der Waals surface area contributed by atoms with Gasteiger partial charge in [0, 0.05) is 53.6 Å². The van der Waals surface area contributed by atoms with E-state index in [4.69, 9.17) is 24.5 Å². The molecule has 0 saturated heterocycles. The maximum Gasteiger partial charge on any atom is 0.251 e. The van der Waals surface area contributed by atoms with Crippen LogP contribution in [-0.2, 0) is 18.9 Å². The number of carbonyl (C=O) groups is 2. The van der Waals surface area contributed by atoms with Crippen molar-refractivity contribution in [2.45, 2.75) is 0 Å². The van der Waals surface area contributed by atoms with E-state index in [9.17, 15) is 9.59 Å². The van der Waals surface area contributed by atoms with Crippen LogP contribution in [-0.4, -0.2) is 106 Å². The quantitative estimate of drug-likeness (QED) is 0.0281. The van der Waals surface area contributed by atoms with Gasteiger partial charge in [-0.2, -0.15) is 15.0 Å². The molecule has 2 amide bonds. The Balaban J connectivity index is 1.18. The summed E-state index contributed by atoms with van der Waals surface area (Å²) in [7, 11) is 0. The van der Waals surface area contributed by atoms with E-state index >= 15 is 0 Å². The third-order valence-electron chi connectivity index (χ3n) is 6.84. The molecule has 0 aliphatic heterocycles. The number of rotatable bonds is 25. The van der Waals surface area contributed by atoms with Gasteiger partial charge in [0.1, 0.15) is 0 Å². The first kappa shape index (κ1) is 39.0. The number of azide groups is 1. The Morgan fingerprint density at radius 2 is 1.02 bits per heavy atom. The molecule has 0 spiro atoms. The van der Waals surface area contributed by atoms with Crippen LogP contribution in [0, 0.1) is 0 Å². The Hall–Kier alpha value is -5.84. The second kappa shape index (κ2) is 23.5. The van der Waals surface area contributed by atoms with Crippen LogP contribution in [0.5, 0.6) is 0 Å². The van der Waals surface area contributed by atoms with Gasteiger partial charge in [0.05, 0.1) is 52.9 Å². The summed E-state index contributed by atoms with van der Waals surface area (Å²) in [5.41, 5.74) is 10.8. The second-order valence-electron chi connectivity index (χ2n) is 10.7. The molecule has 17 nitrogen and oxygen atoms in total. The summed E-state index contributed by atoms with van der Waals surface area (Å²) in [6, 6.07) is 25.5. The molecular weight excluding hydrogens is 670 g/mol. The van der Waals surface area contributed by atoms with Crippen LogP contribution in [0.4, 0.5) is 29.2 Å². The number of nitrogens with one attached hydrogen (secondary N) is 5. The lowest BCUT2D eigenvalue weighted by atomic mass is 10.2. The van der Waals surface area contributed by atoms with E-state index in [0.29, 0.717) is 107 Å². The van der Waals surface area contributed by atoms with Gasteiger partial charge < -0.3 is 45.5 Å². The summed E-state index contributed by atoms with van der Waals surface area (Å²) in [6.07, 6.45) is 0. The lowest BCUT2D eigenvalue weighted by molar-refractivity contribution is 0.0511. The van der Waals surface area contributed by atoms with E-state index in [-0.39, 0.29) is 18.4 Å². The molecular formula is C35H43N11O6. The molecule has 0 bridgehead atoms. The highest BCUT2D eigenvalue weighted by atomic mass is 16.5. The number of benzene rings is 3. The van der Waals surface area contributed by atoms with Crippen LogP contribution in [0.3, 0.4) is 0 Å². The zero-order valence-corrected chi connectivity index (χ0v) is 28.7. The van der Waals surface area contributed by atoms with E-state index in [2.05, 4.69) is 51.6 Å². The van der Waals surface area contributed by atoms with Gasteiger partial charge in [-0.15, -0.1) is 0 Å². The summed E-state index contributed by atoms with van der Waals surface area (Å²) >= 11 is 0. The molecule has 1 heterocycles. The third-order valence-corrected chi connectivity index (χ3v) is 6.84. The molecule has 0 fully saturated rings. The lowest BCUT2D eigenvalue weighted by Gasteiger charge is -2.12. The van der Waals surface area contributed by atoms with Crippen molar-refractivity contribution in [3.8, 4) is 0 Å². The van der Waals surface area contributed by atoms with Gasteiger partial charge in [-0.05, 0) is 54.1 Å². The molecule has 52 heavy (non-hydrogen) atoms. The standard InChI is InChI=1S/C35H43N11O6/c36-46-40-18-22-52-26-25-50-20-16-38-32(48)28-11-13-30(14-12-28)42-35-44-33(43-34(45-35)41-29-9-5-2-6-10-29)39-17-21-51-24-23-49-19-15-37-31(47)27-7-3-1-4-8-27/h1-14H,15-26H2,(H,37,47)(H,38,48)(H3,39,41,42,43,44,45). The number of hydrogen-bond acceptors (Lipinski definition) is 13. The minimum atomic E-state index is -0.233. The fraction of sp³-hybridized carbons (Fsp3) is 0.343. The van der Waals surface area contributed by atoms with Crippen molar-refractivity contribution in [3.63, 3.8) is 0 Å². The molecule has 4 rings (SSSR count). The highest BCUT2D eigenvalue weighted by Gasteiger charge is 2.10. The molecule has 0 aliphatic rings. The molecule has 0 unspecified atom stereocenters. The van der Waals surface area contributed by atoms with Crippen LogP contribution in [0.1, 0.15) is 20.7 Å². The Morgan fingerprint density at radius 3 is 1.58 bits per heavy atom. The SMILES string of the molecule is [N-]=[N+]=NCCOCCOCCNC(=O)c1ccc(Nc2nc(NCCOCCOCCNC(=O)c3ccccc3)nc(Nc3ccccc3)n2)cc1. The smallest absolute Gasteiger partial charge is 0.251 e. The minimum absolute atomic E-state index is 0.136. The molecule has 0 aliphatic carbocycles. The van der Waals surface area contributed by atoms with E-state index < -0.39 is 0 Å². The van der Waals surface area contributed by atoms with E-state index in [1.807, 2.05) is 48.5 Å². The molecule has 0 saturated carbocycles. The number of carbonyl (C=O) groups excluding carboxylic acids is 2. The van der Waals surface area contributed by atoms with Crippen LogP contribution in [0.25, 0.3) is 10.4 Å². The summed E-state index contributed by atoms with van der Waals surface area (Å²) in [5.74, 6) is 0.590. The number of para-hydroxylation sites is 1. The van der Waals surface area contributed by atoms with Gasteiger partial charge >= 0.3 is 0 Å². The van der Waals surface area contributed by atoms with Crippen molar-refractivity contribution in [1.29, 1.82) is 0 Å². The number of nitrogens with zero attached hydrogens (tertiary/aromatic N) is 6. The van der Waals surface area contributed by atoms with E-state index in [1.54, 1.807) is 36.4 Å². The molecule has 274 valence electrons. The van der Waals surface area contributed by atoms with E-state index in [1.165, 1.54) is 0 Å². The Bertz CT molecular complexity index is 1680. The van der Waals surface area contributed by atoms with E-state index in [0.717, 1.165) is 5.69 Å². The van der Waals surface area contributed by atoms with Gasteiger partial charge in [0.2, 0.25) is 17.8 Å². The number of amides is 2. The van der Waals surface area contributed by atoms with Gasteiger partial charge in [-0.1, -0.05) is 41.5 Å². The monoisotopic (exact) mass is 713 g/mol. The largest absolute Gasteiger partial charge is 0.379 e. The molecule has 5 N–H and O–H groups in total. The Labute approximate surface area is 301 Å². The van der Waals surface area contributed by atoms with Crippen molar-refractivity contribution in [2.24, 2.45) is 5.11 Å². The molecule has 0 radical (unpaired) electrons. The maximum atomic E-state index is 12.6. The third kappa shape index (κ3) is 15.4. The first-order valence-corrected chi connectivity index (χ1v) is 16.7. The minimum Gasteiger partial charge on any atom is -0.379 e. The fourth-order valence-electron chi connectivity index (χ4n) is 4.35. The van der Waals surface area contributed by atoms with Crippen LogP contribution in [0.2, 0.25) is 0 Å². The van der Waals surface area contributed by atoms with Crippen LogP contribution < -0.4 is 26.6 Å². The topological polar surface area (TPSA) is 219 Å². The number of hydrogen-bond donors (Lipinski definition) is 5. The molecule has 17 heteroatoms. The van der Waals surface area contributed by atoms with Gasteiger partial charge in [-0.3, -0.25) is 9.59 Å². The highest BCUT2D eigenvalue weighted by molar-refractivity contribution is 5.94. The highest BCUT2D eigenvalue weighted by Crippen LogP contribution is 2.19. The van der Waals surface area contributed by atoms with Crippen LogP contribution >= 0.6 is 0 Å². The fourth-order valence-corrected chi connectivity index (χ4v) is 4.35. The Kier molecular flexibility index (Phi) is 17.6. The summed E-state index contributed by atoms with van der Waals surface area (Å²) in [5, 5.41) is 18.5. The predicted octanol–water partition coefficient (Wildman–Crippen LogP) is 4.31. The van der Waals surface area contributed by atoms with Crippen molar-refractivity contribution in [3.05, 3.63) is 106 Å².